The molecular formula is C7H13F3N2O2S. The summed E-state index contributed by atoms with van der Waals surface area (Å²) in [6.07, 6.45) is -3.90. The Balaban J connectivity index is 2.43. The predicted molar refractivity (Wildman–Crippen MR) is 48.0 cm³/mol. The standard InChI is InChI=1S/C7H13F3N2O2S/c8-7(9,10)5-1-3-6(4-2-5)12-15(11,13)14/h5-6,12H,1-4H2,(H2,11,13,14). The van der Waals surface area contributed by atoms with Crippen LogP contribution in [0.25, 0.3) is 0 Å². The van der Waals surface area contributed by atoms with E-state index in [-0.39, 0.29) is 25.7 Å². The highest BCUT2D eigenvalue weighted by molar-refractivity contribution is 7.87. The van der Waals surface area contributed by atoms with E-state index in [1.54, 1.807) is 0 Å². The first-order valence-corrected chi connectivity index (χ1v) is 6.10. The topological polar surface area (TPSA) is 72.2 Å². The summed E-state index contributed by atoms with van der Waals surface area (Å²) in [6.45, 7) is 0. The lowest BCUT2D eigenvalue weighted by Crippen LogP contribution is -2.42. The maximum Gasteiger partial charge on any atom is 0.391 e. The average molecular weight is 246 g/mol. The molecule has 1 fully saturated rings. The molecule has 1 aliphatic rings. The van der Waals surface area contributed by atoms with E-state index in [9.17, 15) is 21.6 Å². The van der Waals surface area contributed by atoms with E-state index in [1.807, 2.05) is 0 Å². The Morgan fingerprint density at radius 2 is 1.60 bits per heavy atom. The first-order valence-electron chi connectivity index (χ1n) is 4.55. The van der Waals surface area contributed by atoms with Crippen molar-refractivity contribution in [1.82, 2.24) is 4.72 Å². The third-order valence-electron chi connectivity index (χ3n) is 2.52. The Bertz CT molecular complexity index is 307. The molecule has 0 aromatic rings. The van der Waals surface area contributed by atoms with Crippen molar-refractivity contribution in [3.05, 3.63) is 0 Å². The van der Waals surface area contributed by atoms with Crippen LogP contribution in [0.5, 0.6) is 0 Å². The van der Waals surface area contributed by atoms with Gasteiger partial charge in [-0.15, -0.1) is 0 Å². The van der Waals surface area contributed by atoms with E-state index in [4.69, 9.17) is 5.14 Å². The first kappa shape index (κ1) is 12.7. The Kier molecular flexibility index (Phi) is 3.62. The van der Waals surface area contributed by atoms with Crippen LogP contribution >= 0.6 is 0 Å². The van der Waals surface area contributed by atoms with Gasteiger partial charge < -0.3 is 0 Å². The normalized spacial score (nSPS) is 29.1. The van der Waals surface area contributed by atoms with Crippen LogP contribution in [0.4, 0.5) is 13.2 Å². The molecule has 0 aromatic carbocycles. The summed E-state index contributed by atoms with van der Waals surface area (Å²) in [4.78, 5) is 0. The van der Waals surface area contributed by atoms with Crippen molar-refractivity contribution in [1.29, 1.82) is 0 Å². The molecule has 0 unspecified atom stereocenters. The highest BCUT2D eigenvalue weighted by Crippen LogP contribution is 2.37. The van der Waals surface area contributed by atoms with Crippen LogP contribution in [0.15, 0.2) is 0 Å². The van der Waals surface area contributed by atoms with E-state index in [0.717, 1.165) is 0 Å². The summed E-state index contributed by atoms with van der Waals surface area (Å²) >= 11 is 0. The fourth-order valence-electron chi connectivity index (χ4n) is 1.77. The second-order valence-electron chi connectivity index (χ2n) is 3.75. The number of nitrogens with two attached hydrogens (primary N) is 1. The van der Waals surface area contributed by atoms with Gasteiger partial charge in [0.25, 0.3) is 10.2 Å². The van der Waals surface area contributed by atoms with Crippen molar-refractivity contribution in [3.63, 3.8) is 0 Å². The molecule has 0 aromatic heterocycles. The van der Waals surface area contributed by atoms with Crippen LogP contribution in [-0.2, 0) is 10.2 Å². The summed E-state index contributed by atoms with van der Waals surface area (Å²) in [7, 11) is -3.81. The van der Waals surface area contributed by atoms with Gasteiger partial charge in [0.2, 0.25) is 0 Å². The molecule has 0 amide bonds. The molecule has 8 heteroatoms. The van der Waals surface area contributed by atoms with Gasteiger partial charge in [0.15, 0.2) is 0 Å². The molecule has 0 atom stereocenters. The number of halogens is 3. The van der Waals surface area contributed by atoms with Gasteiger partial charge in [-0.2, -0.15) is 26.3 Å². The minimum Gasteiger partial charge on any atom is -0.216 e. The summed E-state index contributed by atoms with van der Waals surface area (Å²) in [6, 6.07) is -0.460. The fraction of sp³-hybridized carbons (Fsp3) is 1.00. The molecule has 4 nitrogen and oxygen atoms in total. The van der Waals surface area contributed by atoms with Crippen molar-refractivity contribution in [2.45, 2.75) is 37.9 Å². The van der Waals surface area contributed by atoms with Crippen molar-refractivity contribution in [2.24, 2.45) is 11.1 Å². The first-order chi connectivity index (χ1) is 6.68. The smallest absolute Gasteiger partial charge is 0.216 e. The van der Waals surface area contributed by atoms with Gasteiger partial charge >= 0.3 is 6.18 Å². The number of nitrogens with one attached hydrogen (secondary N) is 1. The zero-order valence-corrected chi connectivity index (χ0v) is 8.74. The Labute approximate surface area is 86.2 Å². The molecule has 0 radical (unpaired) electrons. The van der Waals surface area contributed by atoms with Crippen LogP contribution in [0.2, 0.25) is 0 Å². The molecule has 15 heavy (non-hydrogen) atoms. The van der Waals surface area contributed by atoms with Gasteiger partial charge in [0.05, 0.1) is 5.92 Å². The molecular weight excluding hydrogens is 233 g/mol. The summed E-state index contributed by atoms with van der Waals surface area (Å²) in [5.74, 6) is -1.31. The van der Waals surface area contributed by atoms with Crippen molar-refractivity contribution in [2.75, 3.05) is 0 Å². The molecule has 0 aliphatic heterocycles. The van der Waals surface area contributed by atoms with Crippen LogP contribution < -0.4 is 9.86 Å². The average Bonchev–Trinajstić information content (AvgIpc) is 2.00. The van der Waals surface area contributed by atoms with Crippen LogP contribution in [-0.4, -0.2) is 20.6 Å². The molecule has 0 bridgehead atoms. The fourth-order valence-corrected chi connectivity index (χ4v) is 2.47. The molecule has 0 spiro atoms. The largest absolute Gasteiger partial charge is 0.391 e. The molecule has 1 saturated carbocycles. The van der Waals surface area contributed by atoms with Gasteiger partial charge in [-0.25, -0.2) is 5.14 Å². The van der Waals surface area contributed by atoms with E-state index < -0.39 is 28.3 Å². The Hall–Kier alpha value is -0.340. The molecule has 90 valence electrons. The highest BCUT2D eigenvalue weighted by Gasteiger charge is 2.41. The van der Waals surface area contributed by atoms with Crippen LogP contribution in [0, 0.1) is 5.92 Å². The maximum absolute atomic E-state index is 12.2. The third-order valence-corrected chi connectivity index (χ3v) is 3.18. The Morgan fingerprint density at radius 1 is 1.13 bits per heavy atom. The van der Waals surface area contributed by atoms with Gasteiger partial charge in [-0.3, -0.25) is 0 Å². The SMILES string of the molecule is NS(=O)(=O)NC1CCC(C(F)(F)F)CC1. The lowest BCUT2D eigenvalue weighted by Gasteiger charge is -2.29. The second kappa shape index (κ2) is 4.26. The summed E-state index contributed by atoms with van der Waals surface area (Å²) < 4.78 is 60.1. The molecule has 0 saturated heterocycles. The lowest BCUT2D eigenvalue weighted by molar-refractivity contribution is -0.182. The lowest BCUT2D eigenvalue weighted by atomic mass is 9.86. The van der Waals surface area contributed by atoms with Crippen molar-refractivity contribution in [3.8, 4) is 0 Å². The van der Waals surface area contributed by atoms with Gasteiger partial charge in [-0.05, 0) is 25.7 Å². The predicted octanol–water partition coefficient (Wildman–Crippen LogP) is 0.901. The monoisotopic (exact) mass is 246 g/mol. The minimum atomic E-state index is -4.17. The van der Waals surface area contributed by atoms with E-state index in [0.29, 0.717) is 0 Å². The van der Waals surface area contributed by atoms with E-state index >= 15 is 0 Å². The molecule has 1 aliphatic carbocycles. The van der Waals surface area contributed by atoms with Crippen LogP contribution in [0.1, 0.15) is 25.7 Å². The van der Waals surface area contributed by atoms with Gasteiger partial charge in [-0.1, -0.05) is 0 Å². The summed E-state index contributed by atoms with van der Waals surface area (Å²) in [5.41, 5.74) is 0. The maximum atomic E-state index is 12.2. The molecule has 0 heterocycles. The molecule has 1 rings (SSSR count). The minimum absolute atomic E-state index is 0.0450. The highest BCUT2D eigenvalue weighted by atomic mass is 32.2. The molecule has 3 N–H and O–H groups in total. The quantitative estimate of drug-likeness (QED) is 0.759. The van der Waals surface area contributed by atoms with Crippen LogP contribution in [0.3, 0.4) is 0 Å². The van der Waals surface area contributed by atoms with Crippen molar-refractivity contribution < 1.29 is 21.6 Å². The summed E-state index contributed by atoms with van der Waals surface area (Å²) in [5, 5.41) is 4.73. The number of hydrogen-bond acceptors (Lipinski definition) is 2. The zero-order chi connectivity index (χ0) is 11.7. The van der Waals surface area contributed by atoms with Crippen molar-refractivity contribution >= 4 is 10.2 Å². The number of rotatable bonds is 2. The number of hydrogen-bond donors (Lipinski definition) is 2. The van der Waals surface area contributed by atoms with Gasteiger partial charge in [0.1, 0.15) is 0 Å². The third kappa shape index (κ3) is 4.35. The second-order valence-corrected chi connectivity index (χ2v) is 5.08. The van der Waals surface area contributed by atoms with E-state index in [1.165, 1.54) is 0 Å². The van der Waals surface area contributed by atoms with E-state index in [2.05, 4.69) is 4.72 Å². The zero-order valence-electron chi connectivity index (χ0n) is 7.92. The number of alkyl halides is 3. The van der Waals surface area contributed by atoms with Gasteiger partial charge in [0, 0.05) is 6.04 Å². The Morgan fingerprint density at radius 3 is 1.93 bits per heavy atom.